The maximum Gasteiger partial charge on any atom is 0.244 e. The summed E-state index contributed by atoms with van der Waals surface area (Å²) in [5.41, 5.74) is 1.14. The van der Waals surface area contributed by atoms with Gasteiger partial charge in [0.15, 0.2) is 5.78 Å². The first-order valence-electron chi connectivity index (χ1n) is 11.4. The SMILES string of the molecule is CCCNC(=O)C(CC)N(Cc1ccccc1Cl)C(=O)CN(c1cccc(C(C)=O)c1)S(C)(=O)=O. The van der Waals surface area contributed by atoms with Gasteiger partial charge in [0.1, 0.15) is 12.6 Å². The van der Waals surface area contributed by atoms with Crippen LogP contribution >= 0.6 is 11.6 Å². The summed E-state index contributed by atoms with van der Waals surface area (Å²) in [4.78, 5) is 39.7. The first kappa shape index (κ1) is 28.3. The Morgan fingerprint density at radius 1 is 1.06 bits per heavy atom. The van der Waals surface area contributed by atoms with E-state index in [0.717, 1.165) is 17.0 Å². The minimum Gasteiger partial charge on any atom is -0.354 e. The number of hydrogen-bond donors (Lipinski definition) is 1. The van der Waals surface area contributed by atoms with E-state index in [0.29, 0.717) is 29.1 Å². The molecule has 2 rings (SSSR count). The molecule has 0 heterocycles. The molecule has 0 aliphatic carbocycles. The van der Waals surface area contributed by atoms with Gasteiger partial charge in [-0.25, -0.2) is 8.42 Å². The highest BCUT2D eigenvalue weighted by molar-refractivity contribution is 7.92. The van der Waals surface area contributed by atoms with Crippen molar-refractivity contribution < 1.29 is 22.8 Å². The minimum atomic E-state index is -3.89. The molecule has 0 spiro atoms. The molecule has 35 heavy (non-hydrogen) atoms. The Kier molecular flexibility index (Phi) is 10.3. The van der Waals surface area contributed by atoms with Crippen molar-refractivity contribution in [1.29, 1.82) is 0 Å². The molecule has 0 saturated carbocycles. The van der Waals surface area contributed by atoms with Crippen molar-refractivity contribution in [2.75, 3.05) is 23.7 Å². The molecule has 1 atom stereocenters. The van der Waals surface area contributed by atoms with Crippen molar-refractivity contribution in [3.05, 3.63) is 64.7 Å². The molecular formula is C25H32ClN3O5S. The number of sulfonamides is 1. The highest BCUT2D eigenvalue weighted by Crippen LogP contribution is 2.23. The van der Waals surface area contributed by atoms with Gasteiger partial charge in [-0.1, -0.05) is 55.8 Å². The molecule has 190 valence electrons. The summed E-state index contributed by atoms with van der Waals surface area (Å²) in [5, 5.41) is 3.25. The normalized spacial score (nSPS) is 12.0. The third kappa shape index (κ3) is 7.80. The average Bonchev–Trinajstić information content (AvgIpc) is 2.81. The number of hydrogen-bond acceptors (Lipinski definition) is 5. The second-order valence-corrected chi connectivity index (χ2v) is 10.5. The standard InChI is InChI=1S/C25H32ClN3O5S/c1-5-14-27-25(32)23(6-2)28(16-20-10-7-8-13-22(20)26)24(31)17-29(35(4,33)34)21-12-9-11-19(15-21)18(3)30/h7-13,15,23H,5-6,14,16-17H2,1-4H3,(H,27,32). The van der Waals surface area contributed by atoms with Gasteiger partial charge in [-0.2, -0.15) is 0 Å². The average molecular weight is 522 g/mol. The van der Waals surface area contributed by atoms with Crippen LogP contribution in [0.2, 0.25) is 5.02 Å². The zero-order valence-electron chi connectivity index (χ0n) is 20.5. The summed E-state index contributed by atoms with van der Waals surface area (Å²) < 4.78 is 26.3. The number of halogens is 1. The van der Waals surface area contributed by atoms with Crippen molar-refractivity contribution in [3.63, 3.8) is 0 Å². The molecule has 1 unspecified atom stereocenters. The van der Waals surface area contributed by atoms with E-state index in [1.54, 1.807) is 43.3 Å². The molecule has 0 fully saturated rings. The fourth-order valence-corrected chi connectivity index (χ4v) is 4.63. The van der Waals surface area contributed by atoms with E-state index in [1.807, 2.05) is 6.92 Å². The predicted molar refractivity (Wildman–Crippen MR) is 138 cm³/mol. The van der Waals surface area contributed by atoms with E-state index in [-0.39, 0.29) is 23.9 Å². The first-order valence-corrected chi connectivity index (χ1v) is 13.6. The third-order valence-corrected chi connectivity index (χ3v) is 6.96. The van der Waals surface area contributed by atoms with E-state index in [1.165, 1.54) is 24.0 Å². The van der Waals surface area contributed by atoms with Crippen molar-refractivity contribution in [2.24, 2.45) is 0 Å². The Morgan fingerprint density at radius 3 is 2.31 bits per heavy atom. The number of carbonyl (C=O) groups is 3. The fourth-order valence-electron chi connectivity index (χ4n) is 3.59. The summed E-state index contributed by atoms with van der Waals surface area (Å²) in [5.74, 6) is -1.12. The van der Waals surface area contributed by atoms with Crippen LogP contribution in [-0.2, 0) is 26.2 Å². The maximum atomic E-state index is 13.6. The van der Waals surface area contributed by atoms with Gasteiger partial charge in [0.2, 0.25) is 21.8 Å². The number of ketones is 1. The molecule has 0 radical (unpaired) electrons. The predicted octanol–water partition coefficient (Wildman–Crippen LogP) is 3.64. The molecule has 0 aliphatic rings. The zero-order chi connectivity index (χ0) is 26.2. The Balaban J connectivity index is 2.47. The van der Waals surface area contributed by atoms with E-state index in [4.69, 9.17) is 11.6 Å². The number of carbonyl (C=O) groups excluding carboxylic acids is 3. The monoisotopic (exact) mass is 521 g/mol. The number of anilines is 1. The Labute approximate surface area is 212 Å². The molecule has 0 aromatic heterocycles. The number of nitrogens with zero attached hydrogens (tertiary/aromatic N) is 2. The lowest BCUT2D eigenvalue weighted by Crippen LogP contribution is -2.52. The number of amides is 2. The van der Waals surface area contributed by atoms with Gasteiger partial charge < -0.3 is 10.2 Å². The van der Waals surface area contributed by atoms with Crippen molar-refractivity contribution in [2.45, 2.75) is 46.2 Å². The third-order valence-electron chi connectivity index (χ3n) is 5.45. The molecule has 0 saturated heterocycles. The van der Waals surface area contributed by atoms with E-state index in [9.17, 15) is 22.8 Å². The van der Waals surface area contributed by atoms with Crippen molar-refractivity contribution in [1.82, 2.24) is 10.2 Å². The van der Waals surface area contributed by atoms with Gasteiger partial charge in [-0.05, 0) is 43.5 Å². The van der Waals surface area contributed by atoms with Crippen LogP contribution in [0.15, 0.2) is 48.5 Å². The van der Waals surface area contributed by atoms with Crippen LogP contribution in [0.3, 0.4) is 0 Å². The second-order valence-electron chi connectivity index (χ2n) is 8.20. The van der Waals surface area contributed by atoms with Gasteiger partial charge in [-0.3, -0.25) is 18.7 Å². The molecular weight excluding hydrogens is 490 g/mol. The summed E-state index contributed by atoms with van der Waals surface area (Å²) in [6.07, 6.45) is 2.05. The fraction of sp³-hybridized carbons (Fsp3) is 0.400. The van der Waals surface area contributed by atoms with E-state index < -0.39 is 28.5 Å². The molecule has 8 nitrogen and oxygen atoms in total. The van der Waals surface area contributed by atoms with Gasteiger partial charge in [0.25, 0.3) is 0 Å². The van der Waals surface area contributed by atoms with Crippen LogP contribution < -0.4 is 9.62 Å². The van der Waals surface area contributed by atoms with Gasteiger partial charge >= 0.3 is 0 Å². The van der Waals surface area contributed by atoms with Crippen molar-refractivity contribution >= 4 is 44.9 Å². The zero-order valence-corrected chi connectivity index (χ0v) is 22.0. The lowest BCUT2D eigenvalue weighted by atomic mass is 10.1. The van der Waals surface area contributed by atoms with Gasteiger partial charge in [-0.15, -0.1) is 0 Å². The van der Waals surface area contributed by atoms with Crippen LogP contribution in [-0.4, -0.2) is 56.3 Å². The van der Waals surface area contributed by atoms with Gasteiger partial charge in [0.05, 0.1) is 11.9 Å². The Bertz CT molecular complexity index is 1170. The molecule has 2 aromatic rings. The number of nitrogens with one attached hydrogen (secondary N) is 1. The maximum absolute atomic E-state index is 13.6. The lowest BCUT2D eigenvalue weighted by molar-refractivity contribution is -0.140. The summed E-state index contributed by atoms with van der Waals surface area (Å²) in [6, 6.07) is 12.2. The van der Waals surface area contributed by atoms with Crippen LogP contribution in [0.4, 0.5) is 5.69 Å². The van der Waals surface area contributed by atoms with Gasteiger partial charge in [0, 0.05) is 23.7 Å². The topological polar surface area (TPSA) is 104 Å². The van der Waals surface area contributed by atoms with Crippen molar-refractivity contribution in [3.8, 4) is 0 Å². The molecule has 1 N–H and O–H groups in total. The summed E-state index contributed by atoms with van der Waals surface area (Å²) in [7, 11) is -3.89. The lowest BCUT2D eigenvalue weighted by Gasteiger charge is -2.33. The van der Waals surface area contributed by atoms with Crippen LogP contribution in [0.25, 0.3) is 0 Å². The quantitative estimate of drug-likeness (QED) is 0.429. The molecule has 0 aliphatic heterocycles. The summed E-state index contributed by atoms with van der Waals surface area (Å²) in [6.45, 7) is 5.03. The molecule has 0 bridgehead atoms. The Hall–Kier alpha value is -2.91. The van der Waals surface area contributed by atoms with Crippen LogP contribution in [0.1, 0.15) is 49.5 Å². The molecule has 2 amide bonds. The highest BCUT2D eigenvalue weighted by Gasteiger charge is 2.32. The highest BCUT2D eigenvalue weighted by atomic mass is 35.5. The molecule has 10 heteroatoms. The summed E-state index contributed by atoms with van der Waals surface area (Å²) >= 11 is 6.33. The van der Waals surface area contributed by atoms with Crippen LogP contribution in [0, 0.1) is 0 Å². The molecule has 2 aromatic carbocycles. The number of rotatable bonds is 12. The minimum absolute atomic E-state index is 0.0294. The number of benzene rings is 2. The second kappa shape index (κ2) is 12.7. The van der Waals surface area contributed by atoms with Crippen LogP contribution in [0.5, 0.6) is 0 Å². The number of Topliss-reactive ketones (excluding diaryl/α,β-unsaturated/α-hetero) is 1. The van der Waals surface area contributed by atoms with E-state index >= 15 is 0 Å². The largest absolute Gasteiger partial charge is 0.354 e. The smallest absolute Gasteiger partial charge is 0.244 e. The Morgan fingerprint density at radius 2 is 1.74 bits per heavy atom. The first-order chi connectivity index (χ1) is 16.5. The van der Waals surface area contributed by atoms with E-state index in [2.05, 4.69) is 5.32 Å².